The molecule has 12 nitrogen and oxygen atoms in total. The van der Waals surface area contributed by atoms with Crippen LogP contribution in [0.5, 0.6) is 11.5 Å². The van der Waals surface area contributed by atoms with Crippen molar-refractivity contribution in [3.05, 3.63) is 129 Å². The summed E-state index contributed by atoms with van der Waals surface area (Å²) < 4.78 is 37.2. The summed E-state index contributed by atoms with van der Waals surface area (Å²) in [5.41, 5.74) is 6.42. The molecule has 0 saturated carbocycles. The number of H-pyrrole nitrogens is 1. The molecule has 4 unspecified atom stereocenters. The summed E-state index contributed by atoms with van der Waals surface area (Å²) in [6, 6.07) is 28.3. The van der Waals surface area contributed by atoms with Crippen molar-refractivity contribution >= 4 is 8.53 Å². The second-order valence-corrected chi connectivity index (χ2v) is 11.4. The van der Waals surface area contributed by atoms with Crippen molar-refractivity contribution in [3.8, 4) is 17.6 Å². The molecule has 3 N–H and O–H groups in total. The Bertz CT molecular complexity index is 1680. The third-order valence-corrected chi connectivity index (χ3v) is 8.57. The number of nitriles is 1. The molecular weight excluding hydrogens is 611 g/mol. The van der Waals surface area contributed by atoms with Crippen LogP contribution in [-0.4, -0.2) is 49.2 Å². The number of nitrogens with two attached hydrogens (primary N) is 1. The molecule has 240 valence electrons. The number of aromatic nitrogens is 2. The predicted octanol–water partition coefficient (Wildman–Crippen LogP) is 4.35. The van der Waals surface area contributed by atoms with Crippen LogP contribution in [-0.2, 0) is 24.1 Å². The van der Waals surface area contributed by atoms with Gasteiger partial charge < -0.3 is 28.0 Å². The van der Waals surface area contributed by atoms with Gasteiger partial charge in [-0.25, -0.2) is 4.79 Å². The summed E-state index contributed by atoms with van der Waals surface area (Å²) >= 11 is 0. The minimum atomic E-state index is -1.87. The smallest absolute Gasteiger partial charge is 0.330 e. The molecule has 1 aliphatic heterocycles. The zero-order chi connectivity index (χ0) is 32.5. The van der Waals surface area contributed by atoms with Gasteiger partial charge in [0.1, 0.15) is 29.4 Å². The molecule has 4 aromatic rings. The summed E-state index contributed by atoms with van der Waals surface area (Å²) in [4.78, 5) is 26.7. The van der Waals surface area contributed by atoms with Crippen LogP contribution in [0.25, 0.3) is 0 Å². The Hall–Kier alpha value is -4.34. The van der Waals surface area contributed by atoms with Gasteiger partial charge in [0.15, 0.2) is 0 Å². The van der Waals surface area contributed by atoms with E-state index in [1.807, 2.05) is 84.9 Å². The lowest BCUT2D eigenvalue weighted by atomic mass is 9.80. The fourth-order valence-corrected chi connectivity index (χ4v) is 6.23. The molecule has 2 heterocycles. The Morgan fingerprint density at radius 1 is 0.957 bits per heavy atom. The fourth-order valence-electron chi connectivity index (χ4n) is 5.41. The zero-order valence-electron chi connectivity index (χ0n) is 25.4. The largest absolute Gasteiger partial charge is 0.497 e. The fraction of sp³-hybridized carbons (Fsp3) is 0.303. The van der Waals surface area contributed by atoms with Crippen LogP contribution in [0.1, 0.15) is 35.8 Å². The Morgan fingerprint density at radius 2 is 1.57 bits per heavy atom. The molecule has 0 amide bonds. The third kappa shape index (κ3) is 7.37. The Balaban J connectivity index is 1.54. The lowest BCUT2D eigenvalue weighted by Crippen LogP contribution is -2.38. The Morgan fingerprint density at radius 3 is 2.13 bits per heavy atom. The highest BCUT2D eigenvalue weighted by Gasteiger charge is 2.43. The van der Waals surface area contributed by atoms with E-state index >= 15 is 0 Å². The standard InChI is InChI=1S/C33H35N4O8P/c1-40-26-13-9-24(10-14-26)33(23-7-4-3-5-8-23,25-11-15-27(41-2)16-12-25)42-22-29-28(45-46(35)43-20-6-18-34)21-31(44-29)37-19-17-30(38)36-32(37)39/h3-5,7-17,19,28-29,31H,6,20-22,35H2,1-2H3,(H,36,38,39). The molecule has 46 heavy (non-hydrogen) atoms. The molecule has 4 atom stereocenters. The maximum Gasteiger partial charge on any atom is 0.330 e. The summed E-state index contributed by atoms with van der Waals surface area (Å²) in [5, 5.41) is 8.89. The van der Waals surface area contributed by atoms with Crippen LogP contribution in [0.4, 0.5) is 0 Å². The van der Waals surface area contributed by atoms with E-state index in [0.717, 1.165) is 16.7 Å². The molecular formula is C33H35N4O8P. The molecule has 0 bridgehead atoms. The molecule has 0 aliphatic carbocycles. The molecule has 1 aliphatic rings. The van der Waals surface area contributed by atoms with Crippen LogP contribution >= 0.6 is 8.53 Å². The van der Waals surface area contributed by atoms with Gasteiger partial charge in [-0.05, 0) is 41.0 Å². The number of benzene rings is 3. The predicted molar refractivity (Wildman–Crippen MR) is 170 cm³/mol. The van der Waals surface area contributed by atoms with E-state index in [9.17, 15) is 9.59 Å². The van der Waals surface area contributed by atoms with Gasteiger partial charge in [-0.3, -0.25) is 19.8 Å². The minimum absolute atomic E-state index is 0.00753. The number of nitrogens with one attached hydrogen (secondary N) is 1. The quantitative estimate of drug-likeness (QED) is 0.115. The highest BCUT2D eigenvalue weighted by atomic mass is 31.2. The first-order valence-corrected chi connectivity index (χ1v) is 15.8. The lowest BCUT2D eigenvalue weighted by molar-refractivity contribution is -0.0917. The van der Waals surface area contributed by atoms with E-state index in [1.165, 1.54) is 16.8 Å². The molecule has 3 aromatic carbocycles. The molecule has 1 aromatic heterocycles. The van der Waals surface area contributed by atoms with Gasteiger partial charge in [0.05, 0.1) is 46.0 Å². The summed E-state index contributed by atoms with van der Waals surface area (Å²) in [5.74, 6) is 1.38. The summed E-state index contributed by atoms with van der Waals surface area (Å²) in [7, 11) is 1.35. The van der Waals surface area contributed by atoms with E-state index in [4.69, 9.17) is 38.8 Å². The number of hydrogen-bond donors (Lipinski definition) is 2. The first kappa shape index (κ1) is 33.0. The number of hydrogen-bond acceptors (Lipinski definition) is 10. The summed E-state index contributed by atoms with van der Waals surface area (Å²) in [6.45, 7) is 0.121. The number of aromatic amines is 1. The van der Waals surface area contributed by atoms with Gasteiger partial charge in [0.25, 0.3) is 14.1 Å². The van der Waals surface area contributed by atoms with Crippen LogP contribution in [0.3, 0.4) is 0 Å². The molecule has 5 rings (SSSR count). The van der Waals surface area contributed by atoms with E-state index in [2.05, 4.69) is 4.98 Å². The highest BCUT2D eigenvalue weighted by Crippen LogP contribution is 2.44. The van der Waals surface area contributed by atoms with Crippen molar-refractivity contribution in [1.29, 1.82) is 5.26 Å². The molecule has 1 saturated heterocycles. The van der Waals surface area contributed by atoms with Gasteiger partial charge in [0, 0.05) is 18.7 Å². The van der Waals surface area contributed by atoms with Crippen molar-refractivity contribution < 1.29 is 28.0 Å². The minimum Gasteiger partial charge on any atom is -0.497 e. The number of nitrogens with zero attached hydrogens (tertiary/aromatic N) is 2. The van der Waals surface area contributed by atoms with E-state index in [-0.39, 0.29) is 26.1 Å². The number of ether oxygens (including phenoxy) is 4. The monoisotopic (exact) mass is 646 g/mol. The molecule has 0 radical (unpaired) electrons. The van der Waals surface area contributed by atoms with Gasteiger partial charge >= 0.3 is 5.69 Å². The first-order chi connectivity index (χ1) is 22.4. The molecule has 0 spiro atoms. The topological polar surface area (TPSA) is 160 Å². The second-order valence-electron chi connectivity index (χ2n) is 10.4. The zero-order valence-corrected chi connectivity index (χ0v) is 26.3. The first-order valence-electron chi connectivity index (χ1n) is 14.5. The van der Waals surface area contributed by atoms with E-state index < -0.39 is 43.8 Å². The Kier molecular flexibility index (Phi) is 11.0. The van der Waals surface area contributed by atoms with Gasteiger partial charge in [-0.15, -0.1) is 0 Å². The van der Waals surface area contributed by atoms with Crippen molar-refractivity contribution in [2.75, 3.05) is 27.4 Å². The maximum absolute atomic E-state index is 12.7. The summed E-state index contributed by atoms with van der Waals surface area (Å²) in [6.07, 6.45) is -0.381. The van der Waals surface area contributed by atoms with Crippen molar-refractivity contribution in [1.82, 2.24) is 9.55 Å². The van der Waals surface area contributed by atoms with E-state index in [1.54, 1.807) is 14.2 Å². The second kappa shape index (κ2) is 15.3. The van der Waals surface area contributed by atoms with E-state index in [0.29, 0.717) is 11.5 Å². The van der Waals surface area contributed by atoms with Gasteiger partial charge in [-0.1, -0.05) is 54.6 Å². The highest BCUT2D eigenvalue weighted by molar-refractivity contribution is 7.44. The lowest BCUT2D eigenvalue weighted by Gasteiger charge is -2.37. The number of methoxy groups -OCH3 is 2. The molecule has 1 fully saturated rings. The van der Waals surface area contributed by atoms with Crippen LogP contribution in [0, 0.1) is 11.3 Å². The van der Waals surface area contributed by atoms with Crippen LogP contribution < -0.4 is 26.2 Å². The van der Waals surface area contributed by atoms with Crippen LogP contribution in [0.15, 0.2) is 101 Å². The Labute approximate surface area is 267 Å². The van der Waals surface area contributed by atoms with Crippen molar-refractivity contribution in [2.45, 2.75) is 36.9 Å². The molecule has 13 heteroatoms. The average Bonchev–Trinajstić information content (AvgIpc) is 3.47. The van der Waals surface area contributed by atoms with Crippen molar-refractivity contribution in [3.63, 3.8) is 0 Å². The van der Waals surface area contributed by atoms with Gasteiger partial charge in [-0.2, -0.15) is 5.26 Å². The van der Waals surface area contributed by atoms with Gasteiger partial charge in [0.2, 0.25) is 0 Å². The maximum atomic E-state index is 12.7. The average molecular weight is 647 g/mol. The normalized spacial score (nSPS) is 18.5. The SMILES string of the molecule is COc1ccc(C(OCC2OC(n3ccc(=O)[nH]c3=O)CC2OP(N)OCCC#N)(c2ccccc2)c2ccc(OC)cc2)cc1. The van der Waals surface area contributed by atoms with Crippen molar-refractivity contribution in [2.24, 2.45) is 5.50 Å². The number of rotatable bonds is 14. The third-order valence-electron chi connectivity index (χ3n) is 7.65. The van der Waals surface area contributed by atoms with Crippen LogP contribution in [0.2, 0.25) is 0 Å².